The third-order valence-electron chi connectivity index (χ3n) is 1.92. The summed E-state index contributed by atoms with van der Waals surface area (Å²) in [6.45, 7) is 1.51. The average molecular weight is 212 g/mol. The van der Waals surface area contributed by atoms with E-state index >= 15 is 0 Å². The van der Waals surface area contributed by atoms with Crippen molar-refractivity contribution in [1.82, 2.24) is 4.72 Å². The van der Waals surface area contributed by atoms with E-state index in [2.05, 4.69) is 0 Å². The lowest BCUT2D eigenvalue weighted by Gasteiger charge is -2.10. The molecule has 1 rings (SSSR count). The molecule has 1 radical (unpaired) electrons. The summed E-state index contributed by atoms with van der Waals surface area (Å²) in [6, 6.07) is 8.66. The first-order valence-corrected chi connectivity index (χ1v) is 5.55. The molecule has 1 amide bonds. The topological polar surface area (TPSA) is 63.2 Å². The largest absolute Gasteiger partial charge is 0.323 e. The second-order valence-electron chi connectivity index (χ2n) is 2.80. The highest BCUT2D eigenvalue weighted by Gasteiger charge is 2.21. The summed E-state index contributed by atoms with van der Waals surface area (Å²) in [5, 5.41) is -0.759. The number of carbonyl (C=O) groups excluding carboxylic acids is 1. The van der Waals surface area contributed by atoms with E-state index in [1.54, 1.807) is 35.1 Å². The summed E-state index contributed by atoms with van der Waals surface area (Å²) in [5.41, 5.74) is 0.634. The molecule has 5 heteroatoms. The van der Waals surface area contributed by atoms with Gasteiger partial charge in [0.15, 0.2) is 0 Å². The molecule has 0 saturated heterocycles. The van der Waals surface area contributed by atoms with Crippen molar-refractivity contribution >= 4 is 16.4 Å². The van der Waals surface area contributed by atoms with E-state index in [4.69, 9.17) is 0 Å². The third kappa shape index (κ3) is 2.32. The Balaban J connectivity index is 2.96. The lowest BCUT2D eigenvalue weighted by atomic mass is 10.2. The molecule has 1 atom stereocenters. The molecule has 1 aromatic carbocycles. The number of hydrogen-bond donors (Lipinski definition) is 1. The Morgan fingerprint density at radius 1 is 1.29 bits per heavy atom. The maximum absolute atomic E-state index is 11.4. The number of nitrogens with one attached hydrogen (secondary N) is 1. The SMILES string of the molecule is CC(c1ccccc1)S(=O)(=O)N[C]=O. The monoisotopic (exact) mass is 212 g/mol. The van der Waals surface area contributed by atoms with Gasteiger partial charge in [-0.25, -0.2) is 13.1 Å². The van der Waals surface area contributed by atoms with Crippen LogP contribution in [0.15, 0.2) is 30.3 Å². The zero-order valence-corrected chi connectivity index (χ0v) is 8.41. The van der Waals surface area contributed by atoms with Crippen molar-refractivity contribution in [3.05, 3.63) is 35.9 Å². The normalized spacial score (nSPS) is 13.2. The van der Waals surface area contributed by atoms with Crippen LogP contribution in [0.4, 0.5) is 0 Å². The highest BCUT2D eigenvalue weighted by atomic mass is 32.2. The second-order valence-corrected chi connectivity index (χ2v) is 4.80. The van der Waals surface area contributed by atoms with Crippen LogP contribution in [-0.2, 0) is 14.8 Å². The summed E-state index contributed by atoms with van der Waals surface area (Å²) >= 11 is 0. The van der Waals surface area contributed by atoms with Crippen molar-refractivity contribution in [2.24, 2.45) is 0 Å². The van der Waals surface area contributed by atoms with E-state index in [0.29, 0.717) is 5.56 Å². The predicted molar refractivity (Wildman–Crippen MR) is 52.6 cm³/mol. The van der Waals surface area contributed by atoms with Crippen molar-refractivity contribution in [3.8, 4) is 0 Å². The Labute approximate surface area is 83.0 Å². The van der Waals surface area contributed by atoms with E-state index in [0.717, 1.165) is 0 Å². The molecule has 4 nitrogen and oxygen atoms in total. The fourth-order valence-corrected chi connectivity index (χ4v) is 1.86. The molecule has 1 aromatic rings. The van der Waals surface area contributed by atoms with Crippen LogP contribution in [0.25, 0.3) is 0 Å². The molecule has 75 valence electrons. The number of benzene rings is 1. The van der Waals surface area contributed by atoms with E-state index < -0.39 is 15.3 Å². The van der Waals surface area contributed by atoms with Gasteiger partial charge in [-0.2, -0.15) is 0 Å². The molecule has 0 aliphatic carbocycles. The quantitative estimate of drug-likeness (QED) is 0.748. The summed E-state index contributed by atoms with van der Waals surface area (Å²) < 4.78 is 24.4. The molecular weight excluding hydrogens is 202 g/mol. The number of hydrogen-bond acceptors (Lipinski definition) is 3. The summed E-state index contributed by atoms with van der Waals surface area (Å²) in [5.74, 6) is 0. The Morgan fingerprint density at radius 2 is 1.86 bits per heavy atom. The van der Waals surface area contributed by atoms with Crippen LogP contribution in [0.2, 0.25) is 0 Å². The minimum Gasteiger partial charge on any atom is -0.263 e. The van der Waals surface area contributed by atoms with Gasteiger partial charge in [0.2, 0.25) is 10.0 Å². The van der Waals surface area contributed by atoms with Crippen LogP contribution in [0.3, 0.4) is 0 Å². The minimum absolute atomic E-state index is 0.634. The number of sulfonamides is 1. The van der Waals surface area contributed by atoms with Gasteiger partial charge in [-0.3, -0.25) is 4.79 Å². The van der Waals surface area contributed by atoms with Crippen molar-refractivity contribution in [2.75, 3.05) is 0 Å². The van der Waals surface area contributed by atoms with E-state index in [1.165, 1.54) is 13.3 Å². The Hall–Kier alpha value is -1.36. The standard InChI is InChI=1S/C9H10NO3S/c1-8(14(12,13)10-7-11)9-5-3-2-4-6-9/h2-6,8H,1H3,(H,10,11). The fraction of sp³-hybridized carbons (Fsp3) is 0.222. The van der Waals surface area contributed by atoms with Gasteiger partial charge in [0.1, 0.15) is 5.25 Å². The average Bonchev–Trinajstić information content (AvgIpc) is 2.18. The van der Waals surface area contributed by atoms with Crippen LogP contribution >= 0.6 is 0 Å². The predicted octanol–water partition coefficient (Wildman–Crippen LogP) is 0.734. The molecule has 0 aliphatic heterocycles. The Bertz CT molecular complexity index is 399. The number of rotatable bonds is 4. The summed E-state index contributed by atoms with van der Waals surface area (Å²) in [7, 11) is -3.64. The molecule has 1 N–H and O–H groups in total. The lowest BCUT2D eigenvalue weighted by Crippen LogP contribution is -2.26. The maximum Gasteiger partial charge on any atom is 0.323 e. The zero-order valence-electron chi connectivity index (χ0n) is 7.60. The molecule has 0 fully saturated rings. The molecule has 1 unspecified atom stereocenters. The second kappa shape index (κ2) is 4.23. The fourth-order valence-electron chi connectivity index (χ4n) is 1.05. The van der Waals surface area contributed by atoms with Crippen molar-refractivity contribution < 1.29 is 13.2 Å². The first-order valence-electron chi connectivity index (χ1n) is 4.00. The smallest absolute Gasteiger partial charge is 0.263 e. The molecule has 0 saturated carbocycles. The van der Waals surface area contributed by atoms with Crippen molar-refractivity contribution in [2.45, 2.75) is 12.2 Å². The van der Waals surface area contributed by atoms with Gasteiger partial charge in [-0.1, -0.05) is 30.3 Å². The highest BCUT2D eigenvalue weighted by Crippen LogP contribution is 2.19. The van der Waals surface area contributed by atoms with Crippen molar-refractivity contribution in [3.63, 3.8) is 0 Å². The van der Waals surface area contributed by atoms with Gasteiger partial charge in [0.05, 0.1) is 0 Å². The van der Waals surface area contributed by atoms with Crippen LogP contribution in [0, 0.1) is 0 Å². The minimum atomic E-state index is -3.64. The van der Waals surface area contributed by atoms with Crippen LogP contribution in [0.1, 0.15) is 17.7 Å². The molecule has 0 bridgehead atoms. The van der Waals surface area contributed by atoms with Gasteiger partial charge >= 0.3 is 6.41 Å². The zero-order chi connectivity index (χ0) is 10.6. The van der Waals surface area contributed by atoms with E-state index in [1.807, 2.05) is 0 Å². The van der Waals surface area contributed by atoms with Crippen LogP contribution in [0.5, 0.6) is 0 Å². The first-order chi connectivity index (χ1) is 6.58. The van der Waals surface area contributed by atoms with E-state index in [9.17, 15) is 13.2 Å². The maximum atomic E-state index is 11.4. The highest BCUT2D eigenvalue weighted by molar-refractivity contribution is 7.90. The molecule has 14 heavy (non-hydrogen) atoms. The van der Waals surface area contributed by atoms with Crippen LogP contribution in [-0.4, -0.2) is 14.8 Å². The van der Waals surface area contributed by atoms with Gasteiger partial charge < -0.3 is 0 Å². The van der Waals surface area contributed by atoms with Crippen molar-refractivity contribution in [1.29, 1.82) is 0 Å². The third-order valence-corrected chi connectivity index (χ3v) is 3.49. The molecule has 0 spiro atoms. The van der Waals surface area contributed by atoms with Gasteiger partial charge in [0.25, 0.3) is 0 Å². The molecule has 0 aromatic heterocycles. The number of amides is 1. The molecular formula is C9H10NO3S. The van der Waals surface area contributed by atoms with Gasteiger partial charge in [-0.15, -0.1) is 0 Å². The Kier molecular flexibility index (Phi) is 3.24. The first kappa shape index (κ1) is 10.7. The molecule has 0 aliphatic rings. The van der Waals surface area contributed by atoms with Crippen LogP contribution < -0.4 is 4.72 Å². The summed E-state index contributed by atoms with van der Waals surface area (Å²) in [4.78, 5) is 9.94. The summed E-state index contributed by atoms with van der Waals surface area (Å²) in [6.07, 6.45) is 1.17. The van der Waals surface area contributed by atoms with Gasteiger partial charge in [0, 0.05) is 0 Å². The van der Waals surface area contributed by atoms with Gasteiger partial charge in [-0.05, 0) is 12.5 Å². The lowest BCUT2D eigenvalue weighted by molar-refractivity contribution is 0.545. The molecule has 0 heterocycles. The van der Waals surface area contributed by atoms with E-state index in [-0.39, 0.29) is 0 Å². The Morgan fingerprint density at radius 3 is 2.36 bits per heavy atom.